The van der Waals surface area contributed by atoms with Crippen molar-refractivity contribution >= 4 is 34.7 Å². The molecule has 1 aromatic heterocycles. The molecule has 3 aromatic carbocycles. The molecule has 0 aliphatic carbocycles. The van der Waals surface area contributed by atoms with E-state index >= 15 is 0 Å². The van der Waals surface area contributed by atoms with Crippen molar-refractivity contribution in [2.75, 3.05) is 23.8 Å². The number of carbonyl (C=O) groups excluding carboxylic acids is 2. The lowest BCUT2D eigenvalue weighted by atomic mass is 10.2. The first-order chi connectivity index (χ1) is 17.1. The van der Waals surface area contributed by atoms with E-state index in [-0.39, 0.29) is 24.6 Å². The second kappa shape index (κ2) is 11.1. The van der Waals surface area contributed by atoms with Crippen LogP contribution >= 0.6 is 0 Å². The van der Waals surface area contributed by atoms with Crippen LogP contribution in [0.15, 0.2) is 91.0 Å². The van der Waals surface area contributed by atoms with Crippen molar-refractivity contribution < 1.29 is 19.1 Å². The number of para-hydroxylation sites is 3. The Labute approximate surface area is 204 Å². The highest BCUT2D eigenvalue weighted by molar-refractivity contribution is 6.09. The maximum Gasteiger partial charge on any atom is 0.357 e. The molecule has 7 nitrogen and oxygen atoms in total. The van der Waals surface area contributed by atoms with Crippen LogP contribution in [0.3, 0.4) is 0 Å². The zero-order valence-corrected chi connectivity index (χ0v) is 19.7. The van der Waals surface area contributed by atoms with Crippen LogP contribution in [-0.4, -0.2) is 29.7 Å². The normalized spacial score (nSPS) is 10.5. The van der Waals surface area contributed by atoms with Gasteiger partial charge < -0.3 is 20.1 Å². The molecule has 0 fully saturated rings. The number of rotatable bonds is 9. The second-order valence-electron chi connectivity index (χ2n) is 7.54. The van der Waals surface area contributed by atoms with Crippen molar-refractivity contribution in [3.05, 3.63) is 102 Å². The van der Waals surface area contributed by atoms with Gasteiger partial charge in [0, 0.05) is 17.1 Å². The summed E-state index contributed by atoms with van der Waals surface area (Å²) in [5.74, 6) is -1.14. The van der Waals surface area contributed by atoms with Gasteiger partial charge in [-0.25, -0.2) is 9.59 Å². The Bertz CT molecular complexity index is 1210. The fourth-order valence-electron chi connectivity index (χ4n) is 3.77. The standard InChI is InChI=1S/C28H27N3O4/c1-3-34-27(32)25-23(29-20-14-8-5-9-15-20)24(30-21-16-10-6-11-17-21)26(28(33)35-4-2)31(25)22-18-12-7-13-19-22/h5-19,29-30H,3-4H2,1-2H3. The summed E-state index contributed by atoms with van der Waals surface area (Å²) in [6.45, 7) is 3.85. The number of aromatic nitrogens is 1. The molecule has 0 saturated carbocycles. The highest BCUT2D eigenvalue weighted by atomic mass is 16.5. The van der Waals surface area contributed by atoms with E-state index in [4.69, 9.17) is 9.47 Å². The summed E-state index contributed by atoms with van der Waals surface area (Å²) in [5.41, 5.74) is 3.29. The van der Waals surface area contributed by atoms with Gasteiger partial charge in [0.05, 0.1) is 24.6 Å². The molecule has 178 valence electrons. The van der Waals surface area contributed by atoms with Crippen LogP contribution < -0.4 is 10.6 Å². The van der Waals surface area contributed by atoms with Gasteiger partial charge in [0.1, 0.15) is 0 Å². The molecule has 0 bridgehead atoms. The first-order valence-corrected chi connectivity index (χ1v) is 11.5. The van der Waals surface area contributed by atoms with Crippen molar-refractivity contribution in [1.82, 2.24) is 4.57 Å². The number of hydrogen-bond donors (Lipinski definition) is 2. The molecule has 0 atom stereocenters. The zero-order chi connectivity index (χ0) is 24.6. The summed E-state index contributed by atoms with van der Waals surface area (Å²) in [6, 6.07) is 28.1. The topological polar surface area (TPSA) is 81.6 Å². The van der Waals surface area contributed by atoms with Gasteiger partial charge in [0.2, 0.25) is 0 Å². The molecule has 4 aromatic rings. The fourth-order valence-corrected chi connectivity index (χ4v) is 3.77. The van der Waals surface area contributed by atoms with Crippen LogP contribution in [0, 0.1) is 0 Å². The lowest BCUT2D eigenvalue weighted by Crippen LogP contribution is -2.17. The molecule has 0 spiro atoms. The molecule has 1 heterocycles. The summed E-state index contributed by atoms with van der Waals surface area (Å²) < 4.78 is 12.5. The van der Waals surface area contributed by atoms with Gasteiger partial charge >= 0.3 is 11.9 Å². The van der Waals surface area contributed by atoms with Crippen molar-refractivity contribution in [2.24, 2.45) is 0 Å². The third kappa shape index (κ3) is 5.19. The minimum absolute atomic E-state index is 0.180. The van der Waals surface area contributed by atoms with Crippen LogP contribution in [0.4, 0.5) is 22.7 Å². The number of hydrogen-bond acceptors (Lipinski definition) is 6. The van der Waals surface area contributed by atoms with Crippen molar-refractivity contribution in [3.8, 4) is 5.69 Å². The smallest absolute Gasteiger partial charge is 0.357 e. The number of benzene rings is 3. The molecule has 0 amide bonds. The lowest BCUT2D eigenvalue weighted by molar-refractivity contribution is 0.0510. The highest BCUT2D eigenvalue weighted by Gasteiger charge is 2.33. The monoisotopic (exact) mass is 469 g/mol. The molecule has 0 radical (unpaired) electrons. The molecular weight excluding hydrogens is 442 g/mol. The van der Waals surface area contributed by atoms with Crippen molar-refractivity contribution in [1.29, 1.82) is 0 Å². The number of esters is 2. The van der Waals surface area contributed by atoms with E-state index in [0.29, 0.717) is 17.1 Å². The Morgan fingerprint density at radius 2 is 1.00 bits per heavy atom. The van der Waals surface area contributed by atoms with E-state index in [1.165, 1.54) is 0 Å². The molecule has 35 heavy (non-hydrogen) atoms. The second-order valence-corrected chi connectivity index (χ2v) is 7.54. The molecule has 0 unspecified atom stereocenters. The van der Waals surface area contributed by atoms with E-state index in [1.807, 2.05) is 91.0 Å². The molecular formula is C28H27N3O4. The average molecular weight is 470 g/mol. The summed E-state index contributed by atoms with van der Waals surface area (Å²) in [5, 5.41) is 6.67. The summed E-state index contributed by atoms with van der Waals surface area (Å²) in [7, 11) is 0. The maximum absolute atomic E-state index is 13.4. The van der Waals surface area contributed by atoms with Gasteiger partial charge in [-0.1, -0.05) is 54.6 Å². The Morgan fingerprint density at radius 1 is 0.629 bits per heavy atom. The quantitative estimate of drug-likeness (QED) is 0.279. The van der Waals surface area contributed by atoms with Crippen LogP contribution in [0.25, 0.3) is 5.69 Å². The maximum atomic E-state index is 13.4. The van der Waals surface area contributed by atoms with Crippen molar-refractivity contribution in [3.63, 3.8) is 0 Å². The van der Waals surface area contributed by atoms with E-state index in [0.717, 1.165) is 11.4 Å². The average Bonchev–Trinajstić information content (AvgIpc) is 3.19. The minimum Gasteiger partial charge on any atom is -0.461 e. The third-order valence-electron chi connectivity index (χ3n) is 5.21. The number of nitrogens with one attached hydrogen (secondary N) is 2. The predicted octanol–water partition coefficient (Wildman–Crippen LogP) is 6.32. The Hall–Kier alpha value is -4.52. The molecule has 0 aliphatic heterocycles. The number of carbonyl (C=O) groups is 2. The Balaban J connectivity index is 2.05. The van der Waals surface area contributed by atoms with Gasteiger partial charge in [-0.05, 0) is 50.2 Å². The van der Waals surface area contributed by atoms with Crippen molar-refractivity contribution in [2.45, 2.75) is 13.8 Å². The van der Waals surface area contributed by atoms with Crippen LogP contribution in [0.2, 0.25) is 0 Å². The Kier molecular flexibility index (Phi) is 7.47. The van der Waals surface area contributed by atoms with Gasteiger partial charge in [-0.15, -0.1) is 0 Å². The first kappa shape index (κ1) is 23.6. The highest BCUT2D eigenvalue weighted by Crippen LogP contribution is 2.40. The Morgan fingerprint density at radius 3 is 1.37 bits per heavy atom. The van der Waals surface area contributed by atoms with Gasteiger partial charge in [0.15, 0.2) is 11.4 Å². The molecule has 4 rings (SSSR count). The van der Waals surface area contributed by atoms with E-state index in [1.54, 1.807) is 18.4 Å². The van der Waals surface area contributed by atoms with Crippen LogP contribution in [0.1, 0.15) is 34.8 Å². The summed E-state index contributed by atoms with van der Waals surface area (Å²) >= 11 is 0. The summed E-state index contributed by atoms with van der Waals surface area (Å²) in [6.07, 6.45) is 0. The zero-order valence-electron chi connectivity index (χ0n) is 19.7. The number of nitrogens with zero attached hydrogens (tertiary/aromatic N) is 1. The van der Waals surface area contributed by atoms with Crippen LogP contribution in [0.5, 0.6) is 0 Å². The molecule has 0 aliphatic rings. The van der Waals surface area contributed by atoms with E-state index in [2.05, 4.69) is 10.6 Å². The molecule has 0 saturated heterocycles. The van der Waals surface area contributed by atoms with Gasteiger partial charge in [-0.3, -0.25) is 4.57 Å². The number of ether oxygens (including phenoxy) is 2. The molecule has 2 N–H and O–H groups in total. The largest absolute Gasteiger partial charge is 0.461 e. The minimum atomic E-state index is -0.568. The summed E-state index contributed by atoms with van der Waals surface area (Å²) in [4.78, 5) is 26.8. The predicted molar refractivity (Wildman–Crippen MR) is 137 cm³/mol. The SMILES string of the molecule is CCOC(=O)c1c(Nc2ccccc2)c(Nc2ccccc2)c(C(=O)OCC)n1-c1ccccc1. The van der Waals surface area contributed by atoms with Gasteiger partial charge in [-0.2, -0.15) is 0 Å². The first-order valence-electron chi connectivity index (χ1n) is 11.5. The lowest BCUT2D eigenvalue weighted by Gasteiger charge is -2.13. The van der Waals surface area contributed by atoms with Gasteiger partial charge in [0.25, 0.3) is 0 Å². The number of anilines is 4. The third-order valence-corrected chi connectivity index (χ3v) is 5.21. The van der Waals surface area contributed by atoms with Crippen LogP contribution in [-0.2, 0) is 9.47 Å². The van der Waals surface area contributed by atoms with E-state index < -0.39 is 11.9 Å². The van der Waals surface area contributed by atoms with E-state index in [9.17, 15) is 9.59 Å². The fraction of sp³-hybridized carbons (Fsp3) is 0.143. The molecule has 7 heteroatoms.